The molecular weight excluding hydrogens is 329 g/mol. The van der Waals surface area contributed by atoms with E-state index >= 15 is 0 Å². The number of carbonyl (C=O) groups is 1. The Kier molecular flexibility index (Phi) is 5.14. The van der Waals surface area contributed by atoms with Gasteiger partial charge in [0.25, 0.3) is 0 Å². The molecule has 134 valence electrons. The molecule has 2 unspecified atom stereocenters. The summed E-state index contributed by atoms with van der Waals surface area (Å²) in [6.07, 6.45) is -3.40. The van der Waals surface area contributed by atoms with Gasteiger partial charge in [-0.05, 0) is 33.1 Å². The van der Waals surface area contributed by atoms with Gasteiger partial charge >= 0.3 is 11.9 Å². The first kappa shape index (κ1) is 18.2. The third-order valence-electron chi connectivity index (χ3n) is 4.32. The number of alkyl halides is 3. The molecule has 10 heteroatoms. The highest BCUT2D eigenvalue weighted by molar-refractivity contribution is 5.76. The maximum atomic E-state index is 12.8. The van der Waals surface area contributed by atoms with E-state index in [1.165, 1.54) is 18.5 Å². The number of nitro groups is 1. The largest absolute Gasteiger partial charge is 0.391 e. The predicted molar refractivity (Wildman–Crippen MR) is 78.3 cm³/mol. The lowest BCUT2D eigenvalue weighted by molar-refractivity contribution is -0.386. The smallest absolute Gasteiger partial charge is 0.352 e. The molecule has 0 saturated heterocycles. The van der Waals surface area contributed by atoms with Crippen LogP contribution in [0.15, 0.2) is 0 Å². The number of aryl methyl sites for hydroxylation is 1. The van der Waals surface area contributed by atoms with Crippen LogP contribution in [0.3, 0.4) is 0 Å². The van der Waals surface area contributed by atoms with Crippen LogP contribution in [0.25, 0.3) is 0 Å². The Morgan fingerprint density at radius 1 is 1.42 bits per heavy atom. The molecule has 1 heterocycles. The van der Waals surface area contributed by atoms with Crippen LogP contribution < -0.4 is 5.32 Å². The summed E-state index contributed by atoms with van der Waals surface area (Å²) in [6.45, 7) is 2.69. The van der Waals surface area contributed by atoms with Gasteiger partial charge in [0.1, 0.15) is 17.9 Å². The van der Waals surface area contributed by atoms with Crippen molar-refractivity contribution >= 4 is 11.6 Å². The first-order valence-electron chi connectivity index (χ1n) is 7.64. The quantitative estimate of drug-likeness (QED) is 0.669. The van der Waals surface area contributed by atoms with E-state index in [1.807, 2.05) is 0 Å². The van der Waals surface area contributed by atoms with Gasteiger partial charge in [-0.2, -0.15) is 18.3 Å². The van der Waals surface area contributed by atoms with Crippen molar-refractivity contribution in [1.82, 2.24) is 15.1 Å². The number of nitrogens with zero attached hydrogens (tertiary/aromatic N) is 3. The third kappa shape index (κ3) is 4.04. The van der Waals surface area contributed by atoms with Crippen LogP contribution in [0.2, 0.25) is 0 Å². The number of carbonyl (C=O) groups excluding carboxylic acids is 1. The van der Waals surface area contributed by atoms with E-state index in [-0.39, 0.29) is 36.5 Å². The number of rotatable bonds is 4. The summed E-state index contributed by atoms with van der Waals surface area (Å²) in [7, 11) is 0. The second kappa shape index (κ2) is 6.78. The topological polar surface area (TPSA) is 90.1 Å². The summed E-state index contributed by atoms with van der Waals surface area (Å²) in [5.74, 6) is -1.89. The minimum absolute atomic E-state index is 0.0829. The Balaban J connectivity index is 1.99. The van der Waals surface area contributed by atoms with E-state index < -0.39 is 29.0 Å². The number of aromatic nitrogens is 2. The Labute approximate surface area is 136 Å². The van der Waals surface area contributed by atoms with E-state index in [9.17, 15) is 28.1 Å². The fourth-order valence-electron chi connectivity index (χ4n) is 3.13. The molecule has 0 radical (unpaired) electrons. The van der Waals surface area contributed by atoms with Gasteiger partial charge in [0.2, 0.25) is 5.91 Å². The van der Waals surface area contributed by atoms with Crippen molar-refractivity contribution in [2.75, 3.05) is 0 Å². The van der Waals surface area contributed by atoms with Gasteiger partial charge in [-0.25, -0.2) is 0 Å². The number of hydrogen-bond donors (Lipinski definition) is 1. The highest BCUT2D eigenvalue weighted by Gasteiger charge is 2.42. The van der Waals surface area contributed by atoms with Crippen LogP contribution in [0.1, 0.15) is 37.1 Å². The summed E-state index contributed by atoms with van der Waals surface area (Å²) in [5.41, 5.74) is 0.280. The highest BCUT2D eigenvalue weighted by Crippen LogP contribution is 2.37. The lowest BCUT2D eigenvalue weighted by atomic mass is 9.85. The molecule has 2 atom stereocenters. The minimum Gasteiger partial charge on any atom is -0.352 e. The first-order chi connectivity index (χ1) is 11.1. The van der Waals surface area contributed by atoms with Gasteiger partial charge in [-0.15, -0.1) is 0 Å². The number of halogens is 3. The molecular formula is C14H19F3N4O3. The predicted octanol–water partition coefficient (Wildman–Crippen LogP) is 2.65. The zero-order valence-corrected chi connectivity index (χ0v) is 13.4. The molecule has 1 aromatic heterocycles. The van der Waals surface area contributed by atoms with E-state index in [4.69, 9.17) is 0 Å². The standard InChI is InChI=1S/C14H19F3N4O3/c1-8-13(21(23)24)9(2)20(19-8)7-12(22)18-11-5-3-4-10(6-11)14(15,16)17/h10-11H,3-7H2,1-2H3,(H,18,22). The lowest BCUT2D eigenvalue weighted by Crippen LogP contribution is -2.42. The number of amides is 1. The van der Waals surface area contributed by atoms with Gasteiger partial charge in [0, 0.05) is 6.04 Å². The Morgan fingerprint density at radius 2 is 2.08 bits per heavy atom. The van der Waals surface area contributed by atoms with Crippen LogP contribution in [0, 0.1) is 29.9 Å². The minimum atomic E-state index is -4.25. The van der Waals surface area contributed by atoms with Crippen molar-refractivity contribution in [2.24, 2.45) is 5.92 Å². The average molecular weight is 348 g/mol. The summed E-state index contributed by atoms with van der Waals surface area (Å²) < 4.78 is 39.6. The van der Waals surface area contributed by atoms with Gasteiger partial charge in [-0.1, -0.05) is 6.42 Å². The zero-order valence-electron chi connectivity index (χ0n) is 13.4. The van der Waals surface area contributed by atoms with Crippen molar-refractivity contribution in [3.63, 3.8) is 0 Å². The van der Waals surface area contributed by atoms with Gasteiger partial charge < -0.3 is 5.32 Å². The van der Waals surface area contributed by atoms with Crippen molar-refractivity contribution in [3.05, 3.63) is 21.5 Å². The molecule has 2 rings (SSSR count). The van der Waals surface area contributed by atoms with Gasteiger partial charge in [0.05, 0.1) is 10.8 Å². The van der Waals surface area contributed by atoms with Crippen molar-refractivity contribution < 1.29 is 22.9 Å². The first-order valence-corrected chi connectivity index (χ1v) is 7.64. The lowest BCUT2D eigenvalue weighted by Gasteiger charge is -2.31. The van der Waals surface area contributed by atoms with Crippen molar-refractivity contribution in [3.8, 4) is 0 Å². The average Bonchev–Trinajstić information content (AvgIpc) is 2.72. The molecule has 1 aliphatic carbocycles. The summed E-state index contributed by atoms with van der Waals surface area (Å²) in [6, 6.07) is -0.537. The summed E-state index contributed by atoms with van der Waals surface area (Å²) >= 11 is 0. The second-order valence-electron chi connectivity index (χ2n) is 6.10. The van der Waals surface area contributed by atoms with E-state index in [0.29, 0.717) is 12.8 Å². The summed E-state index contributed by atoms with van der Waals surface area (Å²) in [5, 5.41) is 17.5. The molecule has 24 heavy (non-hydrogen) atoms. The monoisotopic (exact) mass is 348 g/mol. The van der Waals surface area contributed by atoms with Crippen LogP contribution >= 0.6 is 0 Å². The zero-order chi connectivity index (χ0) is 18.1. The Morgan fingerprint density at radius 3 is 2.62 bits per heavy atom. The molecule has 1 saturated carbocycles. The van der Waals surface area contributed by atoms with Crippen LogP contribution in [-0.4, -0.2) is 32.8 Å². The Hall–Kier alpha value is -2.13. The van der Waals surface area contributed by atoms with E-state index in [1.54, 1.807) is 0 Å². The molecule has 1 fully saturated rings. The number of nitrogens with one attached hydrogen (secondary N) is 1. The third-order valence-corrected chi connectivity index (χ3v) is 4.32. The summed E-state index contributed by atoms with van der Waals surface area (Å²) in [4.78, 5) is 22.4. The van der Waals surface area contributed by atoms with Crippen LogP contribution in [0.4, 0.5) is 18.9 Å². The molecule has 1 aromatic rings. The van der Waals surface area contributed by atoms with Crippen molar-refractivity contribution in [1.29, 1.82) is 0 Å². The molecule has 0 aliphatic heterocycles. The molecule has 7 nitrogen and oxygen atoms in total. The molecule has 1 N–H and O–H groups in total. The molecule has 0 bridgehead atoms. The van der Waals surface area contributed by atoms with Crippen molar-refractivity contribution in [2.45, 2.75) is 58.3 Å². The number of hydrogen-bond acceptors (Lipinski definition) is 4. The molecule has 0 aromatic carbocycles. The van der Waals surface area contributed by atoms with E-state index in [2.05, 4.69) is 10.4 Å². The fraction of sp³-hybridized carbons (Fsp3) is 0.714. The van der Waals surface area contributed by atoms with Crippen LogP contribution in [0.5, 0.6) is 0 Å². The maximum Gasteiger partial charge on any atom is 0.391 e. The normalized spacial score (nSPS) is 21.5. The molecule has 1 amide bonds. The van der Waals surface area contributed by atoms with Crippen LogP contribution in [-0.2, 0) is 11.3 Å². The van der Waals surface area contributed by atoms with E-state index in [0.717, 1.165) is 0 Å². The van der Waals surface area contributed by atoms with Gasteiger partial charge in [0.15, 0.2) is 0 Å². The second-order valence-corrected chi connectivity index (χ2v) is 6.10. The highest BCUT2D eigenvalue weighted by atomic mass is 19.4. The SMILES string of the molecule is Cc1nn(CC(=O)NC2CCCC(C(F)(F)F)C2)c(C)c1[N+](=O)[O-]. The fourth-order valence-corrected chi connectivity index (χ4v) is 3.13. The molecule has 1 aliphatic rings. The molecule has 0 spiro atoms. The maximum absolute atomic E-state index is 12.8. The van der Waals surface area contributed by atoms with Gasteiger partial charge in [-0.3, -0.25) is 19.6 Å². The Bertz CT molecular complexity index is 642.